The average molecular weight is 370 g/mol. The molecule has 4 rings (SSSR count). The van der Waals surface area contributed by atoms with Crippen molar-refractivity contribution >= 4 is 28.3 Å². The number of aromatic nitrogens is 3. The topological polar surface area (TPSA) is 73.3 Å². The first kappa shape index (κ1) is 17.1. The van der Waals surface area contributed by atoms with E-state index in [-0.39, 0.29) is 11.3 Å². The molecule has 2 heterocycles. The Bertz CT molecular complexity index is 1050. The fraction of sp³-hybridized carbons (Fsp3) is 0.474. The summed E-state index contributed by atoms with van der Waals surface area (Å²) in [5.41, 5.74) is 2.94. The number of nitrogens with zero attached hydrogens (tertiary/aromatic N) is 4. The van der Waals surface area contributed by atoms with Gasteiger partial charge in [-0.25, -0.2) is 4.63 Å². The van der Waals surface area contributed by atoms with E-state index < -0.39 is 0 Å². The highest BCUT2D eigenvalue weighted by atomic mass is 32.1. The van der Waals surface area contributed by atoms with Gasteiger partial charge in [-0.3, -0.25) is 4.79 Å². The largest absolute Gasteiger partial charge is 0.320 e. The van der Waals surface area contributed by atoms with Crippen molar-refractivity contribution in [1.82, 2.24) is 14.9 Å². The summed E-state index contributed by atoms with van der Waals surface area (Å²) in [5, 5.41) is 7.57. The fourth-order valence-corrected chi connectivity index (χ4v) is 4.30. The van der Waals surface area contributed by atoms with Crippen LogP contribution in [0.15, 0.2) is 27.8 Å². The van der Waals surface area contributed by atoms with Crippen LogP contribution in [-0.4, -0.2) is 20.8 Å². The molecule has 0 radical (unpaired) electrons. The van der Waals surface area contributed by atoms with Crippen LogP contribution in [0.1, 0.15) is 54.5 Å². The zero-order valence-corrected chi connectivity index (χ0v) is 16.3. The van der Waals surface area contributed by atoms with Gasteiger partial charge in [0, 0.05) is 22.7 Å². The molecule has 0 bridgehead atoms. The van der Waals surface area contributed by atoms with Crippen molar-refractivity contribution in [2.45, 2.75) is 52.5 Å². The Labute approximate surface area is 155 Å². The van der Waals surface area contributed by atoms with Gasteiger partial charge in [0.05, 0.1) is 0 Å². The van der Waals surface area contributed by atoms with Crippen LogP contribution in [0.3, 0.4) is 0 Å². The van der Waals surface area contributed by atoms with E-state index in [0.717, 1.165) is 11.3 Å². The third-order valence-electron chi connectivity index (χ3n) is 4.67. The predicted molar refractivity (Wildman–Crippen MR) is 100 cm³/mol. The third-order valence-corrected chi connectivity index (χ3v) is 6.28. The summed E-state index contributed by atoms with van der Waals surface area (Å²) < 4.78 is 6.92. The maximum absolute atomic E-state index is 12.8. The number of fused-ring (bicyclic) bond motifs is 1. The summed E-state index contributed by atoms with van der Waals surface area (Å²) in [6, 6.07) is 5.12. The quantitative estimate of drug-likeness (QED) is 0.702. The van der Waals surface area contributed by atoms with Crippen LogP contribution in [0.2, 0.25) is 0 Å². The minimum Gasteiger partial charge on any atom is -0.320 e. The Morgan fingerprint density at radius 1 is 1.31 bits per heavy atom. The van der Waals surface area contributed by atoms with Gasteiger partial charge in [0.1, 0.15) is 11.0 Å². The number of benzene rings is 1. The lowest BCUT2D eigenvalue weighted by Gasteiger charge is -2.17. The smallest absolute Gasteiger partial charge is 0.279 e. The molecule has 0 unspecified atom stereocenters. The first-order valence-electron chi connectivity index (χ1n) is 8.85. The minimum atomic E-state index is -0.263. The van der Waals surface area contributed by atoms with E-state index in [1.165, 1.54) is 23.4 Å². The van der Waals surface area contributed by atoms with Gasteiger partial charge in [0.15, 0.2) is 4.80 Å². The zero-order valence-electron chi connectivity index (χ0n) is 15.4. The monoisotopic (exact) mass is 370 g/mol. The first-order valence-corrected chi connectivity index (χ1v) is 9.66. The maximum Gasteiger partial charge on any atom is 0.279 e. The van der Waals surface area contributed by atoms with Crippen LogP contribution in [0, 0.1) is 12.8 Å². The van der Waals surface area contributed by atoms with Crippen molar-refractivity contribution in [3.63, 3.8) is 0 Å². The highest BCUT2D eigenvalue weighted by molar-refractivity contribution is 7.09. The Balaban J connectivity index is 1.78. The SMILES string of the molecule is Cc1c(C(C)(C)C)s/c(=N\C(=O)c2ccc3nonc3c2)n1CC1CC1. The van der Waals surface area contributed by atoms with Crippen molar-refractivity contribution < 1.29 is 9.42 Å². The second kappa shape index (κ2) is 6.16. The molecule has 1 aromatic carbocycles. The summed E-state index contributed by atoms with van der Waals surface area (Å²) in [4.78, 5) is 19.3. The van der Waals surface area contributed by atoms with Crippen LogP contribution in [-0.2, 0) is 12.0 Å². The molecule has 3 aromatic rings. The lowest BCUT2D eigenvalue weighted by Crippen LogP contribution is -2.19. The molecule has 1 amide bonds. The first-order chi connectivity index (χ1) is 12.3. The van der Waals surface area contributed by atoms with Gasteiger partial charge in [0.25, 0.3) is 5.91 Å². The van der Waals surface area contributed by atoms with Gasteiger partial charge in [-0.1, -0.05) is 20.8 Å². The fourth-order valence-electron chi connectivity index (χ4n) is 3.11. The second-order valence-electron chi connectivity index (χ2n) is 7.99. The van der Waals surface area contributed by atoms with Gasteiger partial charge >= 0.3 is 0 Å². The number of thiazole rings is 1. The summed E-state index contributed by atoms with van der Waals surface area (Å²) in [6.07, 6.45) is 2.52. The summed E-state index contributed by atoms with van der Waals surface area (Å²) in [5.74, 6) is 0.448. The Morgan fingerprint density at radius 2 is 2.04 bits per heavy atom. The average Bonchev–Trinajstić information content (AvgIpc) is 3.18. The molecule has 1 aliphatic carbocycles. The van der Waals surface area contributed by atoms with Gasteiger partial charge in [-0.05, 0) is 59.6 Å². The molecule has 6 nitrogen and oxygen atoms in total. The summed E-state index contributed by atoms with van der Waals surface area (Å²) in [6.45, 7) is 9.67. The van der Waals surface area contributed by atoms with Crippen LogP contribution < -0.4 is 4.80 Å². The van der Waals surface area contributed by atoms with Gasteiger partial charge in [0.2, 0.25) is 0 Å². The molecule has 26 heavy (non-hydrogen) atoms. The molecule has 1 saturated carbocycles. The van der Waals surface area contributed by atoms with E-state index in [9.17, 15) is 4.79 Å². The van der Waals surface area contributed by atoms with Crippen LogP contribution >= 0.6 is 11.3 Å². The maximum atomic E-state index is 12.8. The lowest BCUT2D eigenvalue weighted by atomic mass is 9.93. The molecule has 1 aliphatic rings. The lowest BCUT2D eigenvalue weighted by molar-refractivity contribution is 0.0998. The van der Waals surface area contributed by atoms with Crippen LogP contribution in [0.5, 0.6) is 0 Å². The highest BCUT2D eigenvalue weighted by Gasteiger charge is 2.27. The van der Waals surface area contributed by atoms with Crippen LogP contribution in [0.25, 0.3) is 11.0 Å². The molecular formula is C19H22N4O2S. The van der Waals surface area contributed by atoms with Gasteiger partial charge in [-0.2, -0.15) is 4.99 Å². The van der Waals surface area contributed by atoms with Gasteiger partial charge in [-0.15, -0.1) is 11.3 Å². The molecule has 1 fully saturated rings. The molecule has 0 saturated heterocycles. The summed E-state index contributed by atoms with van der Waals surface area (Å²) >= 11 is 1.62. The standard InChI is InChI=1S/C19H22N4O2S/c1-11-16(19(2,3)4)26-18(23(11)10-12-5-6-12)20-17(24)13-7-8-14-15(9-13)22-25-21-14/h7-9,12H,5-6,10H2,1-4H3/b20-18-. The molecule has 0 N–H and O–H groups in total. The second-order valence-corrected chi connectivity index (χ2v) is 8.97. The minimum absolute atomic E-state index is 0.0299. The van der Waals surface area contributed by atoms with Crippen molar-refractivity contribution in [2.75, 3.05) is 0 Å². The van der Waals surface area contributed by atoms with Gasteiger partial charge < -0.3 is 4.57 Å². The number of amides is 1. The van der Waals surface area contributed by atoms with E-state index >= 15 is 0 Å². The summed E-state index contributed by atoms with van der Waals surface area (Å²) in [7, 11) is 0. The van der Waals surface area contributed by atoms with Crippen molar-refractivity contribution in [3.8, 4) is 0 Å². The molecule has 0 atom stereocenters. The van der Waals surface area contributed by atoms with E-state index in [0.29, 0.717) is 22.5 Å². The molecule has 0 spiro atoms. The predicted octanol–water partition coefficient (Wildman–Crippen LogP) is 3.84. The number of carbonyl (C=O) groups is 1. The Kier molecular flexibility index (Phi) is 4.06. The Morgan fingerprint density at radius 3 is 2.73 bits per heavy atom. The van der Waals surface area contributed by atoms with Crippen molar-refractivity contribution in [2.24, 2.45) is 10.9 Å². The van der Waals surface area contributed by atoms with E-state index in [1.807, 2.05) is 0 Å². The highest BCUT2D eigenvalue weighted by Crippen LogP contribution is 2.33. The normalized spacial score (nSPS) is 15.8. The molecule has 0 aliphatic heterocycles. The molecular weight excluding hydrogens is 348 g/mol. The van der Waals surface area contributed by atoms with Crippen molar-refractivity contribution in [1.29, 1.82) is 0 Å². The molecule has 7 heteroatoms. The van der Waals surface area contributed by atoms with E-state index in [1.54, 1.807) is 29.5 Å². The zero-order chi connectivity index (χ0) is 18.5. The number of rotatable bonds is 3. The number of hydrogen-bond acceptors (Lipinski definition) is 5. The van der Waals surface area contributed by atoms with Crippen LogP contribution in [0.4, 0.5) is 0 Å². The van der Waals surface area contributed by atoms with E-state index in [4.69, 9.17) is 4.63 Å². The van der Waals surface area contributed by atoms with Crippen molar-refractivity contribution in [3.05, 3.63) is 39.1 Å². The number of carbonyl (C=O) groups excluding carboxylic acids is 1. The Hall–Kier alpha value is -2.28. The van der Waals surface area contributed by atoms with E-state index in [2.05, 4.69) is 47.6 Å². The molecule has 2 aromatic heterocycles. The molecule has 136 valence electrons. The number of hydrogen-bond donors (Lipinski definition) is 0. The third kappa shape index (κ3) is 3.23.